The molecule has 0 saturated heterocycles. The van der Waals surface area contributed by atoms with Gasteiger partial charge in [0.25, 0.3) is 0 Å². The van der Waals surface area contributed by atoms with E-state index < -0.39 is 0 Å². The van der Waals surface area contributed by atoms with Crippen molar-refractivity contribution in [1.29, 1.82) is 0 Å². The highest BCUT2D eigenvalue weighted by Gasteiger charge is 1.90. The van der Waals surface area contributed by atoms with E-state index in [-0.39, 0.29) is 0 Å². The van der Waals surface area contributed by atoms with Gasteiger partial charge in [-0.05, 0) is 13.0 Å². The van der Waals surface area contributed by atoms with Crippen LogP contribution in [0.4, 0.5) is 0 Å². The molecule has 0 heterocycles. The molecule has 15 heavy (non-hydrogen) atoms. The summed E-state index contributed by atoms with van der Waals surface area (Å²) in [5.74, 6) is 0. The largest absolute Gasteiger partial charge is 0.382 e. The van der Waals surface area contributed by atoms with Crippen LogP contribution in [0.15, 0.2) is 12.7 Å². The number of nitrogens with one attached hydrogen (secondary N) is 1. The number of methoxy groups -OCH3 is 1. The van der Waals surface area contributed by atoms with Crippen molar-refractivity contribution in [3.8, 4) is 0 Å². The fourth-order valence-corrected chi connectivity index (χ4v) is 0.938. The number of hydrogen-bond donors (Lipinski definition) is 1. The van der Waals surface area contributed by atoms with Gasteiger partial charge in [-0.25, -0.2) is 0 Å². The van der Waals surface area contributed by atoms with Crippen LogP contribution in [0.2, 0.25) is 0 Å². The second-order valence-corrected chi connectivity index (χ2v) is 3.04. The lowest BCUT2D eigenvalue weighted by Crippen LogP contribution is -2.21. The molecule has 0 amide bonds. The van der Waals surface area contributed by atoms with Crippen LogP contribution in [0.5, 0.6) is 0 Å². The summed E-state index contributed by atoms with van der Waals surface area (Å²) in [7, 11) is 1.66. The van der Waals surface area contributed by atoms with Gasteiger partial charge in [0.1, 0.15) is 0 Å². The maximum absolute atomic E-state index is 5.34. The molecule has 90 valence electrons. The van der Waals surface area contributed by atoms with E-state index in [2.05, 4.69) is 11.9 Å². The third kappa shape index (κ3) is 13.6. The van der Waals surface area contributed by atoms with Gasteiger partial charge in [0, 0.05) is 13.7 Å². The minimum Gasteiger partial charge on any atom is -0.382 e. The summed E-state index contributed by atoms with van der Waals surface area (Å²) in [4.78, 5) is 0. The zero-order valence-electron chi connectivity index (χ0n) is 9.67. The highest BCUT2D eigenvalue weighted by Crippen LogP contribution is 1.80. The van der Waals surface area contributed by atoms with Crippen molar-refractivity contribution in [3.63, 3.8) is 0 Å². The van der Waals surface area contributed by atoms with Crippen molar-refractivity contribution in [2.24, 2.45) is 0 Å². The lowest BCUT2D eigenvalue weighted by Gasteiger charge is -2.06. The van der Waals surface area contributed by atoms with Crippen LogP contribution in [0.3, 0.4) is 0 Å². The molecule has 0 fully saturated rings. The minimum atomic E-state index is 0.635. The second-order valence-electron chi connectivity index (χ2n) is 3.04. The Morgan fingerprint density at radius 1 is 1.00 bits per heavy atom. The summed E-state index contributed by atoms with van der Waals surface area (Å²) >= 11 is 0. The molecule has 0 aromatic heterocycles. The van der Waals surface area contributed by atoms with Gasteiger partial charge in [0.2, 0.25) is 0 Å². The molecule has 0 spiro atoms. The molecule has 1 N–H and O–H groups in total. The van der Waals surface area contributed by atoms with Crippen molar-refractivity contribution < 1.29 is 14.2 Å². The summed E-state index contributed by atoms with van der Waals surface area (Å²) in [6.07, 6.45) is 2.90. The fraction of sp³-hybridized carbons (Fsp3) is 0.818. The Morgan fingerprint density at radius 3 is 2.33 bits per heavy atom. The summed E-state index contributed by atoms with van der Waals surface area (Å²) in [5.41, 5.74) is 0. The SMILES string of the molecule is C=CCCNCCOCCOCCOC. The predicted octanol–water partition coefficient (Wildman–Crippen LogP) is 0.832. The van der Waals surface area contributed by atoms with E-state index in [0.29, 0.717) is 26.4 Å². The molecule has 0 unspecified atom stereocenters. The summed E-state index contributed by atoms with van der Waals surface area (Å²) in [6.45, 7) is 8.78. The van der Waals surface area contributed by atoms with Crippen LogP contribution in [0, 0.1) is 0 Å². The van der Waals surface area contributed by atoms with E-state index in [1.54, 1.807) is 7.11 Å². The van der Waals surface area contributed by atoms with Gasteiger partial charge in [0.05, 0.1) is 33.0 Å². The molecule has 0 aromatic carbocycles. The smallest absolute Gasteiger partial charge is 0.0701 e. The average Bonchev–Trinajstić information content (AvgIpc) is 2.26. The van der Waals surface area contributed by atoms with Crippen LogP contribution in [-0.4, -0.2) is 53.2 Å². The van der Waals surface area contributed by atoms with Gasteiger partial charge in [-0.3, -0.25) is 0 Å². The third-order valence-corrected chi connectivity index (χ3v) is 1.75. The zero-order chi connectivity index (χ0) is 11.2. The predicted molar refractivity (Wildman–Crippen MR) is 61.2 cm³/mol. The van der Waals surface area contributed by atoms with E-state index >= 15 is 0 Å². The number of ether oxygens (including phenoxy) is 3. The van der Waals surface area contributed by atoms with Crippen LogP contribution >= 0.6 is 0 Å². The topological polar surface area (TPSA) is 39.7 Å². The molecule has 0 atom stereocenters. The van der Waals surface area contributed by atoms with E-state index in [4.69, 9.17) is 14.2 Å². The minimum absolute atomic E-state index is 0.635. The van der Waals surface area contributed by atoms with E-state index in [0.717, 1.165) is 26.1 Å². The maximum atomic E-state index is 5.34. The molecule has 0 radical (unpaired) electrons. The number of rotatable bonds is 12. The highest BCUT2D eigenvalue weighted by atomic mass is 16.5. The molecule has 0 saturated carbocycles. The molecule has 0 rings (SSSR count). The van der Waals surface area contributed by atoms with Crippen molar-refractivity contribution >= 4 is 0 Å². The van der Waals surface area contributed by atoms with Crippen LogP contribution in [0.25, 0.3) is 0 Å². The van der Waals surface area contributed by atoms with E-state index in [1.165, 1.54) is 0 Å². The first-order chi connectivity index (χ1) is 7.41. The lowest BCUT2D eigenvalue weighted by molar-refractivity contribution is 0.0256. The highest BCUT2D eigenvalue weighted by molar-refractivity contribution is 4.67. The Hall–Kier alpha value is -0.420. The Labute approximate surface area is 92.6 Å². The van der Waals surface area contributed by atoms with Crippen LogP contribution in [-0.2, 0) is 14.2 Å². The molecule has 0 aliphatic carbocycles. The van der Waals surface area contributed by atoms with Crippen molar-refractivity contribution in [2.45, 2.75) is 6.42 Å². The third-order valence-electron chi connectivity index (χ3n) is 1.75. The standard InChI is InChI=1S/C11H23NO3/c1-3-4-5-12-6-7-14-10-11-15-9-8-13-2/h3,12H,1,4-11H2,2H3. The molecular formula is C11H23NO3. The molecule has 4 nitrogen and oxygen atoms in total. The van der Waals surface area contributed by atoms with Crippen LogP contribution < -0.4 is 5.32 Å². The van der Waals surface area contributed by atoms with E-state index in [9.17, 15) is 0 Å². The van der Waals surface area contributed by atoms with Crippen molar-refractivity contribution in [1.82, 2.24) is 5.32 Å². The summed E-state index contributed by atoms with van der Waals surface area (Å²) in [6, 6.07) is 0. The molecule has 0 aliphatic heterocycles. The molecule has 0 aliphatic rings. The maximum Gasteiger partial charge on any atom is 0.0701 e. The first kappa shape index (κ1) is 14.6. The Balaban J connectivity index is 2.83. The molecule has 4 heteroatoms. The number of hydrogen-bond acceptors (Lipinski definition) is 4. The van der Waals surface area contributed by atoms with Gasteiger partial charge in [-0.15, -0.1) is 6.58 Å². The Kier molecular flexibility index (Phi) is 13.2. The van der Waals surface area contributed by atoms with Crippen LogP contribution in [0.1, 0.15) is 6.42 Å². The monoisotopic (exact) mass is 217 g/mol. The first-order valence-electron chi connectivity index (χ1n) is 5.38. The quantitative estimate of drug-likeness (QED) is 0.388. The molecular weight excluding hydrogens is 194 g/mol. The van der Waals surface area contributed by atoms with Gasteiger partial charge in [0.15, 0.2) is 0 Å². The Morgan fingerprint density at radius 2 is 1.67 bits per heavy atom. The normalized spacial score (nSPS) is 10.5. The zero-order valence-corrected chi connectivity index (χ0v) is 9.67. The molecule has 0 bridgehead atoms. The van der Waals surface area contributed by atoms with Gasteiger partial charge in [-0.1, -0.05) is 6.08 Å². The first-order valence-corrected chi connectivity index (χ1v) is 5.38. The van der Waals surface area contributed by atoms with Crippen molar-refractivity contribution in [2.75, 3.05) is 53.2 Å². The second kappa shape index (κ2) is 13.6. The average molecular weight is 217 g/mol. The van der Waals surface area contributed by atoms with Gasteiger partial charge < -0.3 is 19.5 Å². The van der Waals surface area contributed by atoms with Gasteiger partial charge in [-0.2, -0.15) is 0 Å². The van der Waals surface area contributed by atoms with E-state index in [1.807, 2.05) is 6.08 Å². The fourth-order valence-electron chi connectivity index (χ4n) is 0.938. The van der Waals surface area contributed by atoms with Crippen molar-refractivity contribution in [3.05, 3.63) is 12.7 Å². The summed E-state index contributed by atoms with van der Waals surface area (Å²) in [5, 5.41) is 3.24. The molecule has 0 aromatic rings. The summed E-state index contributed by atoms with van der Waals surface area (Å²) < 4.78 is 15.4. The van der Waals surface area contributed by atoms with Gasteiger partial charge >= 0.3 is 0 Å². The lowest BCUT2D eigenvalue weighted by atomic mass is 10.4. The Bertz CT molecular complexity index is 131.